The van der Waals surface area contributed by atoms with E-state index >= 15 is 0 Å². The number of aliphatic carboxylic acids is 1. The third kappa shape index (κ3) is 7.16. The van der Waals surface area contributed by atoms with Crippen LogP contribution in [0.15, 0.2) is 48.5 Å². The molecule has 2 atom stereocenters. The van der Waals surface area contributed by atoms with E-state index in [2.05, 4.69) is 31.2 Å². The monoisotopic (exact) mass is 482 g/mol. The van der Waals surface area contributed by atoms with Gasteiger partial charge in [-0.15, -0.1) is 0 Å². The number of carbonyl (C=O) groups excluding carboxylic acids is 1. The van der Waals surface area contributed by atoms with E-state index in [0.29, 0.717) is 24.3 Å². The Labute approximate surface area is 208 Å². The van der Waals surface area contributed by atoms with Gasteiger partial charge in [0.05, 0.1) is 11.7 Å². The lowest BCUT2D eigenvalue weighted by molar-refractivity contribution is -0.154. The molecule has 190 valence electrons. The number of benzene rings is 2. The molecule has 0 aliphatic heterocycles. The van der Waals surface area contributed by atoms with Crippen molar-refractivity contribution < 1.29 is 23.8 Å². The molecule has 2 aromatic rings. The normalized spacial score (nSPS) is 20.6. The van der Waals surface area contributed by atoms with Gasteiger partial charge in [0.2, 0.25) is 5.67 Å². The maximum absolute atomic E-state index is 14.5. The van der Waals surface area contributed by atoms with Gasteiger partial charge in [0.15, 0.2) is 0 Å². The lowest BCUT2D eigenvalue weighted by atomic mass is 9.73. The van der Waals surface area contributed by atoms with Gasteiger partial charge in [0.1, 0.15) is 0 Å². The summed E-state index contributed by atoms with van der Waals surface area (Å²) in [6, 6.07) is 15.9. The number of rotatable bonds is 11. The van der Waals surface area contributed by atoms with Crippen LogP contribution < -0.4 is 0 Å². The molecule has 0 spiro atoms. The molecular weight excluding hydrogens is 443 g/mol. The maximum Gasteiger partial charge on any atom is 0.341 e. The Morgan fingerprint density at radius 3 is 2.09 bits per heavy atom. The zero-order valence-electron chi connectivity index (χ0n) is 21.3. The van der Waals surface area contributed by atoms with E-state index in [0.717, 1.165) is 36.8 Å². The minimum Gasteiger partial charge on any atom is -0.479 e. The molecule has 35 heavy (non-hydrogen) atoms. The second kappa shape index (κ2) is 12.3. The summed E-state index contributed by atoms with van der Waals surface area (Å²) in [6.45, 7) is 5.32. The van der Waals surface area contributed by atoms with E-state index < -0.39 is 17.6 Å². The Morgan fingerprint density at radius 1 is 0.971 bits per heavy atom. The summed E-state index contributed by atoms with van der Waals surface area (Å²) in [6.07, 6.45) is 8.24. The molecule has 1 aliphatic carbocycles. The third-order valence-corrected chi connectivity index (χ3v) is 7.52. The molecule has 4 nitrogen and oxygen atoms in total. The minimum absolute atomic E-state index is 0.0792. The van der Waals surface area contributed by atoms with E-state index in [-0.39, 0.29) is 12.1 Å². The Balaban J connectivity index is 1.53. The molecule has 0 radical (unpaired) electrons. The molecule has 2 aromatic carbocycles. The van der Waals surface area contributed by atoms with Crippen molar-refractivity contribution in [2.75, 3.05) is 0 Å². The van der Waals surface area contributed by atoms with Crippen LogP contribution in [0, 0.1) is 5.92 Å². The van der Waals surface area contributed by atoms with Crippen LogP contribution >= 0.6 is 0 Å². The van der Waals surface area contributed by atoms with E-state index in [9.17, 15) is 14.0 Å². The Bertz CT molecular complexity index is 957. The zero-order chi connectivity index (χ0) is 25.4. The number of carbonyl (C=O) groups is 2. The van der Waals surface area contributed by atoms with E-state index in [1.54, 1.807) is 0 Å². The predicted molar refractivity (Wildman–Crippen MR) is 137 cm³/mol. The molecular formula is C30H39FO4. The summed E-state index contributed by atoms with van der Waals surface area (Å²) in [5.41, 5.74) is 1.70. The van der Waals surface area contributed by atoms with Crippen LogP contribution in [-0.2, 0) is 9.53 Å². The van der Waals surface area contributed by atoms with Gasteiger partial charge in [0.25, 0.3) is 0 Å². The van der Waals surface area contributed by atoms with Crippen LogP contribution in [0.1, 0.15) is 100 Å². The molecule has 0 saturated heterocycles. The summed E-state index contributed by atoms with van der Waals surface area (Å²) < 4.78 is 20.0. The highest BCUT2D eigenvalue weighted by molar-refractivity contribution is 5.90. The molecule has 5 heteroatoms. The van der Waals surface area contributed by atoms with Crippen LogP contribution in [-0.4, -0.2) is 28.8 Å². The fourth-order valence-electron chi connectivity index (χ4n) is 5.06. The number of alkyl halides is 1. The van der Waals surface area contributed by atoms with E-state index in [1.807, 2.05) is 31.2 Å². The first-order valence-corrected chi connectivity index (χ1v) is 13.1. The predicted octanol–water partition coefficient (Wildman–Crippen LogP) is 7.96. The first-order valence-electron chi connectivity index (χ1n) is 13.1. The Hall–Kier alpha value is -2.69. The summed E-state index contributed by atoms with van der Waals surface area (Å²) >= 11 is 0. The number of hydrogen-bond acceptors (Lipinski definition) is 3. The molecule has 0 aromatic heterocycles. The molecule has 0 heterocycles. The fraction of sp³-hybridized carbons (Fsp3) is 0.533. The second-order valence-electron chi connectivity index (χ2n) is 10.2. The first kappa shape index (κ1) is 26.9. The second-order valence-corrected chi connectivity index (χ2v) is 10.2. The van der Waals surface area contributed by atoms with Crippen LogP contribution in [0.5, 0.6) is 0 Å². The summed E-state index contributed by atoms with van der Waals surface area (Å²) in [7, 11) is 0. The standard InChI is InChI=1S/C30H39FO4/c1-4-5-6-7-8-21(2)35-28(32)26-15-13-24(14-16-26)22-9-11-23(12-10-22)25-17-19-27(20-18-25)30(3,31)29(33)34/h9-16,21,25,27H,4-8,17-20H2,1-3H3,(H,33,34)/t21-,25?,27?,30+/m1/s1. The molecule has 1 saturated carbocycles. The van der Waals surface area contributed by atoms with Gasteiger partial charge in [-0.05, 0) is 87.1 Å². The van der Waals surface area contributed by atoms with Gasteiger partial charge in [0, 0.05) is 5.92 Å². The van der Waals surface area contributed by atoms with Gasteiger partial charge >= 0.3 is 11.9 Å². The van der Waals surface area contributed by atoms with Crippen LogP contribution in [0.2, 0.25) is 0 Å². The fourth-order valence-corrected chi connectivity index (χ4v) is 5.06. The van der Waals surface area contributed by atoms with Crippen LogP contribution in [0.4, 0.5) is 4.39 Å². The van der Waals surface area contributed by atoms with Gasteiger partial charge in [-0.25, -0.2) is 14.0 Å². The Morgan fingerprint density at radius 2 is 1.54 bits per heavy atom. The highest BCUT2D eigenvalue weighted by Crippen LogP contribution is 2.42. The SMILES string of the molecule is CCCCCC[C@@H](C)OC(=O)c1ccc(-c2ccc(C3CCC([C@](C)(F)C(=O)O)CC3)cc2)cc1. The molecule has 3 rings (SSSR count). The number of hydrogen-bond donors (Lipinski definition) is 1. The molecule has 0 unspecified atom stereocenters. The number of carboxylic acids is 1. The van der Waals surface area contributed by atoms with Gasteiger partial charge in [-0.1, -0.05) is 62.6 Å². The third-order valence-electron chi connectivity index (χ3n) is 7.52. The van der Waals surface area contributed by atoms with Crippen molar-refractivity contribution in [2.45, 2.75) is 96.2 Å². The van der Waals surface area contributed by atoms with Gasteiger partial charge < -0.3 is 9.84 Å². The average Bonchev–Trinajstić information content (AvgIpc) is 2.87. The van der Waals surface area contributed by atoms with Crippen molar-refractivity contribution in [1.82, 2.24) is 0 Å². The lowest BCUT2D eigenvalue weighted by Crippen LogP contribution is -2.40. The largest absolute Gasteiger partial charge is 0.479 e. The van der Waals surface area contributed by atoms with Crippen molar-refractivity contribution in [1.29, 1.82) is 0 Å². The molecule has 0 amide bonds. The topological polar surface area (TPSA) is 63.6 Å². The van der Waals surface area contributed by atoms with Crippen LogP contribution in [0.25, 0.3) is 11.1 Å². The molecule has 1 fully saturated rings. The highest BCUT2D eigenvalue weighted by atomic mass is 19.1. The van der Waals surface area contributed by atoms with Crippen molar-refractivity contribution in [3.8, 4) is 11.1 Å². The highest BCUT2D eigenvalue weighted by Gasteiger charge is 2.43. The van der Waals surface area contributed by atoms with Crippen molar-refractivity contribution in [2.24, 2.45) is 5.92 Å². The quantitative estimate of drug-likeness (QED) is 0.261. The Kier molecular flexibility index (Phi) is 9.47. The first-order chi connectivity index (χ1) is 16.7. The zero-order valence-corrected chi connectivity index (χ0v) is 21.3. The minimum atomic E-state index is -2.15. The van der Waals surface area contributed by atoms with Gasteiger partial charge in [-0.3, -0.25) is 0 Å². The van der Waals surface area contributed by atoms with Gasteiger partial charge in [-0.2, -0.15) is 0 Å². The summed E-state index contributed by atoms with van der Waals surface area (Å²) in [4.78, 5) is 23.7. The number of halogens is 1. The number of unbranched alkanes of at least 4 members (excludes halogenated alkanes) is 3. The molecule has 1 N–H and O–H groups in total. The lowest BCUT2D eigenvalue weighted by Gasteiger charge is -2.34. The van der Waals surface area contributed by atoms with Crippen molar-refractivity contribution in [3.63, 3.8) is 0 Å². The molecule has 1 aliphatic rings. The summed E-state index contributed by atoms with van der Waals surface area (Å²) in [5.74, 6) is -1.74. The number of carboxylic acid groups (broad SMARTS) is 1. The van der Waals surface area contributed by atoms with E-state index in [1.165, 1.54) is 31.7 Å². The number of esters is 1. The van der Waals surface area contributed by atoms with Crippen LogP contribution in [0.3, 0.4) is 0 Å². The van der Waals surface area contributed by atoms with Crippen molar-refractivity contribution >= 4 is 11.9 Å². The maximum atomic E-state index is 14.5. The summed E-state index contributed by atoms with van der Waals surface area (Å²) in [5, 5.41) is 9.15. The number of ether oxygens (including phenoxy) is 1. The van der Waals surface area contributed by atoms with E-state index in [4.69, 9.17) is 9.84 Å². The molecule has 0 bridgehead atoms. The smallest absolute Gasteiger partial charge is 0.341 e. The average molecular weight is 483 g/mol. The van der Waals surface area contributed by atoms with Crippen molar-refractivity contribution in [3.05, 3.63) is 59.7 Å².